The Kier molecular flexibility index (Phi) is 8.24. The van der Waals surface area contributed by atoms with Crippen LogP contribution in [0.4, 0.5) is 11.4 Å². The molecule has 0 radical (unpaired) electrons. The number of rotatable bonds is 10. The van der Waals surface area contributed by atoms with Crippen molar-refractivity contribution in [2.75, 3.05) is 23.8 Å². The summed E-state index contributed by atoms with van der Waals surface area (Å²) in [7, 11) is 2.07. The summed E-state index contributed by atoms with van der Waals surface area (Å²) in [6.45, 7) is 13.4. The topological polar surface area (TPSA) is 62.9 Å². The van der Waals surface area contributed by atoms with Gasteiger partial charge < -0.3 is 10.2 Å². The molecule has 4 nitrogen and oxygen atoms in total. The van der Waals surface area contributed by atoms with Crippen LogP contribution < -0.4 is 10.2 Å². The average Bonchev–Trinajstić information content (AvgIpc) is 3.22. The fourth-order valence-electron chi connectivity index (χ4n) is 6.66. The maximum Gasteiger partial charge on any atom is 0.0635 e. The highest BCUT2D eigenvalue weighted by Gasteiger charge is 2.43. The highest BCUT2D eigenvalue weighted by molar-refractivity contribution is 5.95. The molecular formula is C39H38N4. The van der Waals surface area contributed by atoms with Crippen LogP contribution in [0.1, 0.15) is 44.2 Å². The quantitative estimate of drug-likeness (QED) is 0.119. The number of nitrogens with zero attached hydrogens (tertiary/aromatic N) is 3. The molecule has 0 bridgehead atoms. The van der Waals surface area contributed by atoms with E-state index in [1.165, 1.54) is 16.3 Å². The molecule has 0 amide bonds. The molecule has 1 aliphatic rings. The van der Waals surface area contributed by atoms with E-state index >= 15 is 0 Å². The molecule has 214 valence electrons. The molecule has 1 aliphatic heterocycles. The fourth-order valence-corrected chi connectivity index (χ4v) is 6.66. The number of nitrogens with one attached hydrogen (secondary N) is 1. The standard InChI is InChI=1S/C39H38N4/c1-6-7-27-42-33-21-19-29-14-8-10-16-31(29)36(33)38(3,23-25-40)28(2)13-12-18-35-39(4,24-26-41)37-32-17-11-9-15-30(32)20-22-34(37)43(35)5/h6,8-22,42H,1-2,7,23-24,27H2,3-5H3/b13-12+,35-18+. The van der Waals surface area contributed by atoms with Gasteiger partial charge in [-0.3, -0.25) is 0 Å². The fraction of sp³-hybridized carbons (Fsp3) is 0.231. The highest BCUT2D eigenvalue weighted by Crippen LogP contribution is 2.52. The zero-order valence-electron chi connectivity index (χ0n) is 25.3. The number of allylic oxidation sites excluding steroid dienone is 5. The van der Waals surface area contributed by atoms with E-state index in [4.69, 9.17) is 0 Å². The molecule has 0 saturated carbocycles. The Bertz CT molecular complexity index is 1860. The van der Waals surface area contributed by atoms with Crippen molar-refractivity contribution in [3.05, 3.63) is 133 Å². The van der Waals surface area contributed by atoms with Gasteiger partial charge >= 0.3 is 0 Å². The molecule has 4 aromatic rings. The summed E-state index contributed by atoms with van der Waals surface area (Å²) >= 11 is 0. The van der Waals surface area contributed by atoms with Gasteiger partial charge in [-0.1, -0.05) is 92.4 Å². The van der Waals surface area contributed by atoms with Crippen LogP contribution in [0, 0.1) is 22.7 Å². The lowest BCUT2D eigenvalue weighted by Gasteiger charge is -2.32. The van der Waals surface area contributed by atoms with Gasteiger partial charge in [-0.05, 0) is 69.8 Å². The second-order valence-corrected chi connectivity index (χ2v) is 11.7. The molecule has 5 rings (SSSR count). The van der Waals surface area contributed by atoms with Crippen LogP contribution >= 0.6 is 0 Å². The van der Waals surface area contributed by atoms with Crippen molar-refractivity contribution < 1.29 is 0 Å². The van der Waals surface area contributed by atoms with Crippen molar-refractivity contribution >= 4 is 32.9 Å². The zero-order valence-corrected chi connectivity index (χ0v) is 25.3. The summed E-state index contributed by atoms with van der Waals surface area (Å²) in [4.78, 5) is 2.20. The predicted molar refractivity (Wildman–Crippen MR) is 181 cm³/mol. The first-order chi connectivity index (χ1) is 20.8. The van der Waals surface area contributed by atoms with Gasteiger partial charge in [-0.15, -0.1) is 6.58 Å². The molecule has 0 fully saturated rings. The minimum Gasteiger partial charge on any atom is -0.384 e. The number of likely N-dealkylation sites (N-methyl/N-ethyl adjacent to an activating group) is 1. The normalized spacial score (nSPS) is 18.3. The Morgan fingerprint density at radius 1 is 0.977 bits per heavy atom. The van der Waals surface area contributed by atoms with Crippen LogP contribution in [0.15, 0.2) is 122 Å². The third kappa shape index (κ3) is 5.11. The number of anilines is 2. The Morgan fingerprint density at radius 2 is 1.65 bits per heavy atom. The number of hydrogen-bond acceptors (Lipinski definition) is 4. The monoisotopic (exact) mass is 562 g/mol. The maximum absolute atomic E-state index is 10.0. The van der Waals surface area contributed by atoms with Gasteiger partial charge in [0.15, 0.2) is 0 Å². The third-order valence-corrected chi connectivity index (χ3v) is 9.02. The van der Waals surface area contributed by atoms with E-state index in [-0.39, 0.29) is 6.42 Å². The minimum atomic E-state index is -0.641. The van der Waals surface area contributed by atoms with Crippen LogP contribution in [0.5, 0.6) is 0 Å². The third-order valence-electron chi connectivity index (χ3n) is 9.02. The van der Waals surface area contributed by atoms with Crippen molar-refractivity contribution in [2.24, 2.45) is 0 Å². The molecule has 4 heteroatoms. The maximum atomic E-state index is 10.0. The van der Waals surface area contributed by atoms with Gasteiger partial charge in [0, 0.05) is 47.9 Å². The Balaban J connectivity index is 1.58. The van der Waals surface area contributed by atoms with E-state index in [1.807, 2.05) is 30.4 Å². The van der Waals surface area contributed by atoms with Crippen LogP contribution in [0.25, 0.3) is 21.5 Å². The first-order valence-corrected chi connectivity index (χ1v) is 14.7. The second-order valence-electron chi connectivity index (χ2n) is 11.7. The first-order valence-electron chi connectivity index (χ1n) is 14.7. The van der Waals surface area contributed by atoms with Crippen molar-refractivity contribution in [3.63, 3.8) is 0 Å². The van der Waals surface area contributed by atoms with E-state index in [1.54, 1.807) is 0 Å². The van der Waals surface area contributed by atoms with Crippen molar-refractivity contribution in [1.29, 1.82) is 10.5 Å². The second kappa shape index (κ2) is 12.0. The van der Waals surface area contributed by atoms with Gasteiger partial charge in [0.1, 0.15) is 0 Å². The summed E-state index contributed by atoms with van der Waals surface area (Å²) in [6, 6.07) is 30.1. The van der Waals surface area contributed by atoms with Gasteiger partial charge in [-0.25, -0.2) is 0 Å². The smallest absolute Gasteiger partial charge is 0.0635 e. The molecular weight excluding hydrogens is 524 g/mol. The van der Waals surface area contributed by atoms with Gasteiger partial charge in [0.25, 0.3) is 0 Å². The van der Waals surface area contributed by atoms with E-state index in [0.29, 0.717) is 6.42 Å². The van der Waals surface area contributed by atoms with Gasteiger partial charge in [0.2, 0.25) is 0 Å². The highest BCUT2D eigenvalue weighted by atomic mass is 15.2. The lowest BCUT2D eigenvalue weighted by molar-refractivity contribution is 0.590. The van der Waals surface area contributed by atoms with Gasteiger partial charge in [-0.2, -0.15) is 10.5 Å². The Labute approximate surface area is 255 Å². The zero-order chi connectivity index (χ0) is 30.6. The lowest BCUT2D eigenvalue weighted by Crippen LogP contribution is -2.26. The summed E-state index contributed by atoms with van der Waals surface area (Å²) in [5, 5.41) is 28.1. The molecule has 0 spiro atoms. The predicted octanol–water partition coefficient (Wildman–Crippen LogP) is 9.47. The van der Waals surface area contributed by atoms with E-state index < -0.39 is 10.8 Å². The molecule has 1 heterocycles. The largest absolute Gasteiger partial charge is 0.384 e. The van der Waals surface area contributed by atoms with Crippen molar-refractivity contribution in [1.82, 2.24) is 0 Å². The summed E-state index contributed by atoms with van der Waals surface area (Å²) in [5.41, 5.74) is 5.18. The SMILES string of the molecule is C=CCCNc1ccc2ccccc2c1C(C)(CC#N)C(=C)/C=C/C=C1/N(C)c2ccc3ccccc3c2C1(C)CC#N. The molecule has 2 atom stereocenters. The average molecular weight is 563 g/mol. The van der Waals surface area contributed by atoms with E-state index in [2.05, 4.69) is 123 Å². The van der Waals surface area contributed by atoms with Crippen LogP contribution in [-0.4, -0.2) is 13.6 Å². The summed E-state index contributed by atoms with van der Waals surface area (Å²) in [5.74, 6) is 0. The number of fused-ring (bicyclic) bond motifs is 4. The summed E-state index contributed by atoms with van der Waals surface area (Å²) < 4.78 is 0. The molecule has 2 unspecified atom stereocenters. The van der Waals surface area contributed by atoms with Gasteiger partial charge in [0.05, 0.1) is 18.6 Å². The Morgan fingerprint density at radius 3 is 2.35 bits per heavy atom. The number of hydrogen-bond donors (Lipinski definition) is 1. The molecule has 0 aliphatic carbocycles. The van der Waals surface area contributed by atoms with Crippen molar-refractivity contribution in [3.8, 4) is 12.1 Å². The number of nitriles is 2. The molecule has 4 aromatic carbocycles. The molecule has 1 N–H and O–H groups in total. The molecule has 0 saturated heterocycles. The number of benzene rings is 4. The summed E-state index contributed by atoms with van der Waals surface area (Å²) in [6.07, 6.45) is 9.54. The van der Waals surface area contributed by atoms with E-state index in [0.717, 1.165) is 51.9 Å². The lowest BCUT2D eigenvalue weighted by atomic mass is 9.71. The minimum absolute atomic E-state index is 0.278. The first kappa shape index (κ1) is 29.4. The molecule has 43 heavy (non-hydrogen) atoms. The molecule has 0 aromatic heterocycles. The van der Waals surface area contributed by atoms with E-state index in [9.17, 15) is 10.5 Å². The van der Waals surface area contributed by atoms with Crippen molar-refractivity contribution in [2.45, 2.75) is 43.9 Å². The van der Waals surface area contributed by atoms with Crippen LogP contribution in [0.2, 0.25) is 0 Å². The van der Waals surface area contributed by atoms with Crippen LogP contribution in [0.3, 0.4) is 0 Å². The van der Waals surface area contributed by atoms with Crippen LogP contribution in [-0.2, 0) is 10.8 Å². The Hall–Kier alpha value is -5.06.